The quantitative estimate of drug-likeness (QED) is 0.172. The van der Waals surface area contributed by atoms with E-state index in [2.05, 4.69) is 69.0 Å². The summed E-state index contributed by atoms with van der Waals surface area (Å²) in [6.45, 7) is 10.3. The summed E-state index contributed by atoms with van der Waals surface area (Å²) in [6.07, 6.45) is 4.33. The van der Waals surface area contributed by atoms with Crippen molar-refractivity contribution < 1.29 is 0 Å². The molecule has 0 fully saturated rings. The minimum Gasteiger partial charge on any atom is -0.358 e. The first kappa shape index (κ1) is 25.6. The van der Waals surface area contributed by atoms with Gasteiger partial charge in [-0.2, -0.15) is 5.10 Å². The largest absolute Gasteiger partial charge is 0.358 e. The van der Waals surface area contributed by atoms with Crippen LogP contribution in [0.25, 0.3) is 60.9 Å². The molecule has 0 aliphatic heterocycles. The number of benzene rings is 2. The lowest BCUT2D eigenvalue weighted by Gasteiger charge is -2.11. The number of pyridine rings is 2. The second kappa shape index (κ2) is 10.6. The first-order valence-corrected chi connectivity index (χ1v) is 14.4. The fourth-order valence-corrected chi connectivity index (χ4v) is 5.98. The molecular weight excluding hydrogens is 538 g/mol. The van der Waals surface area contributed by atoms with Gasteiger partial charge in [-0.3, -0.25) is 10.1 Å². The van der Waals surface area contributed by atoms with Gasteiger partial charge in [-0.15, -0.1) is 11.3 Å². The fraction of sp³-hybridized carbons (Fsp3) is 0.0588. The van der Waals surface area contributed by atoms with Crippen LogP contribution >= 0.6 is 11.3 Å². The molecule has 7 aromatic rings. The lowest BCUT2D eigenvalue weighted by Crippen LogP contribution is -2.02. The number of allylic oxidation sites excluding steroid dienone is 2. The van der Waals surface area contributed by atoms with E-state index >= 15 is 0 Å². The van der Waals surface area contributed by atoms with E-state index in [0.717, 1.165) is 67.1 Å². The molecule has 0 bridgehead atoms. The molecule has 0 spiro atoms. The number of nitrogens with zero attached hydrogens (tertiary/aromatic N) is 4. The summed E-state index contributed by atoms with van der Waals surface area (Å²) in [5.41, 5.74) is 10.8. The highest BCUT2D eigenvalue weighted by atomic mass is 32.1. The minimum atomic E-state index is 0.663. The van der Waals surface area contributed by atoms with Crippen LogP contribution in [0.15, 0.2) is 110 Å². The average Bonchev–Trinajstić information content (AvgIpc) is 3.75. The molecule has 0 atom stereocenters. The Morgan fingerprint density at radius 3 is 2.60 bits per heavy atom. The number of hydrogen-bond acceptors (Lipinski definition) is 6. The number of hydrogen-bond donors (Lipinski definition) is 3. The Morgan fingerprint density at radius 2 is 1.76 bits per heavy atom. The molecular formula is C34H27N7S. The van der Waals surface area contributed by atoms with Gasteiger partial charge in [-0.1, -0.05) is 55.6 Å². The Hall–Kier alpha value is -5.34. The van der Waals surface area contributed by atoms with Crippen LogP contribution in [0.5, 0.6) is 0 Å². The zero-order valence-electron chi connectivity index (χ0n) is 23.0. The molecule has 0 unspecified atom stereocenters. The van der Waals surface area contributed by atoms with Crippen LogP contribution < -0.4 is 5.32 Å². The molecule has 0 amide bonds. The van der Waals surface area contributed by atoms with Crippen molar-refractivity contribution in [3.05, 3.63) is 121 Å². The van der Waals surface area contributed by atoms with E-state index in [1.807, 2.05) is 61.7 Å². The third-order valence-corrected chi connectivity index (χ3v) is 8.33. The van der Waals surface area contributed by atoms with Gasteiger partial charge in [0.15, 0.2) is 11.5 Å². The normalized spacial score (nSPS) is 11.3. The van der Waals surface area contributed by atoms with E-state index in [1.54, 1.807) is 17.5 Å². The van der Waals surface area contributed by atoms with Gasteiger partial charge in [0.05, 0.1) is 34.1 Å². The van der Waals surface area contributed by atoms with E-state index in [0.29, 0.717) is 11.5 Å². The predicted molar refractivity (Wildman–Crippen MR) is 173 cm³/mol. The molecule has 42 heavy (non-hydrogen) atoms. The van der Waals surface area contributed by atoms with E-state index in [-0.39, 0.29) is 0 Å². The lowest BCUT2D eigenvalue weighted by molar-refractivity contribution is 1.10. The van der Waals surface area contributed by atoms with Crippen molar-refractivity contribution in [2.24, 2.45) is 0 Å². The van der Waals surface area contributed by atoms with Crippen LogP contribution in [0.3, 0.4) is 0 Å². The summed E-state index contributed by atoms with van der Waals surface area (Å²) in [5.74, 6) is 0.663. The third-order valence-electron chi connectivity index (χ3n) is 7.05. The van der Waals surface area contributed by atoms with Gasteiger partial charge in [0.25, 0.3) is 0 Å². The van der Waals surface area contributed by atoms with Gasteiger partial charge >= 0.3 is 0 Å². The van der Waals surface area contributed by atoms with Crippen molar-refractivity contribution in [1.29, 1.82) is 0 Å². The maximum absolute atomic E-state index is 4.99. The standard InChI is InChI=1S/C34H27N7S/c1-20(2)29-14-15-30(42-29)25-10-7-11-27-31(25)39-34(38-27)33-32-28(40-41-33)13-12-26(37-32)23-17-24(19-35-18-23)36-21(3)16-22-8-5-4-6-9-22/h4-15,17-19,36H,1,3,16H2,2H3,(H,38,39)(H,40,41). The summed E-state index contributed by atoms with van der Waals surface area (Å²) in [5, 5.41) is 11.1. The Labute approximate surface area is 246 Å². The topological polar surface area (TPSA) is 95.2 Å². The molecule has 0 aliphatic rings. The molecule has 7 nitrogen and oxygen atoms in total. The number of aromatic nitrogens is 6. The van der Waals surface area contributed by atoms with E-state index in [1.165, 1.54) is 10.4 Å². The monoisotopic (exact) mass is 565 g/mol. The van der Waals surface area contributed by atoms with Crippen molar-refractivity contribution in [1.82, 2.24) is 30.1 Å². The number of aromatic amines is 2. The van der Waals surface area contributed by atoms with Crippen molar-refractivity contribution in [3.63, 3.8) is 0 Å². The van der Waals surface area contributed by atoms with Crippen LogP contribution in [0.4, 0.5) is 5.69 Å². The summed E-state index contributed by atoms with van der Waals surface area (Å²) >= 11 is 1.72. The predicted octanol–water partition coefficient (Wildman–Crippen LogP) is 8.49. The number of rotatable bonds is 8. The van der Waals surface area contributed by atoms with Crippen LogP contribution in [-0.2, 0) is 6.42 Å². The highest BCUT2D eigenvalue weighted by Gasteiger charge is 2.17. The Kier molecular flexibility index (Phi) is 6.45. The highest BCUT2D eigenvalue weighted by Crippen LogP contribution is 2.36. The number of fused-ring (bicyclic) bond motifs is 2. The van der Waals surface area contributed by atoms with E-state index in [9.17, 15) is 0 Å². The maximum Gasteiger partial charge on any atom is 0.161 e. The number of anilines is 1. The first-order valence-electron chi connectivity index (χ1n) is 13.6. The zero-order chi connectivity index (χ0) is 28.6. The molecule has 0 aliphatic carbocycles. The first-order chi connectivity index (χ1) is 20.5. The van der Waals surface area contributed by atoms with Gasteiger partial charge in [0, 0.05) is 39.2 Å². The second-order valence-corrected chi connectivity index (χ2v) is 11.3. The van der Waals surface area contributed by atoms with Crippen molar-refractivity contribution in [3.8, 4) is 33.2 Å². The summed E-state index contributed by atoms with van der Waals surface area (Å²) in [6, 6.07) is 26.7. The number of H-pyrrole nitrogens is 2. The second-order valence-electron chi connectivity index (χ2n) is 10.2. The van der Waals surface area contributed by atoms with Gasteiger partial charge < -0.3 is 10.3 Å². The summed E-state index contributed by atoms with van der Waals surface area (Å²) in [7, 11) is 0. The van der Waals surface area contributed by atoms with Crippen LogP contribution in [0.1, 0.15) is 17.4 Å². The summed E-state index contributed by atoms with van der Waals surface area (Å²) in [4.78, 5) is 20.2. The zero-order valence-corrected chi connectivity index (χ0v) is 23.8. The van der Waals surface area contributed by atoms with Crippen molar-refractivity contribution in [2.75, 3.05) is 5.32 Å². The Bertz CT molecular complexity index is 2100. The molecule has 204 valence electrons. The Balaban J connectivity index is 1.21. The van der Waals surface area contributed by atoms with Gasteiger partial charge in [0.1, 0.15) is 5.52 Å². The minimum absolute atomic E-state index is 0.663. The van der Waals surface area contributed by atoms with Gasteiger partial charge in [-0.25, -0.2) is 9.97 Å². The SMILES string of the molecule is C=C(Cc1ccccc1)Nc1cncc(-c2ccc3[nH]nc(-c4nc5c(-c6ccc(C(=C)C)s6)cccc5[nH]4)c3n2)c1. The third kappa shape index (κ3) is 4.88. The molecule has 7 rings (SSSR count). The van der Waals surface area contributed by atoms with Gasteiger partial charge in [-0.05, 0) is 54.5 Å². The van der Waals surface area contributed by atoms with Crippen LogP contribution in [0, 0.1) is 0 Å². The van der Waals surface area contributed by atoms with Gasteiger partial charge in [0.2, 0.25) is 0 Å². The smallest absolute Gasteiger partial charge is 0.161 e. The molecule has 2 aromatic carbocycles. The molecule has 0 radical (unpaired) electrons. The molecule has 0 saturated carbocycles. The lowest BCUT2D eigenvalue weighted by atomic mass is 10.1. The molecule has 5 heterocycles. The van der Waals surface area contributed by atoms with E-state index in [4.69, 9.17) is 9.97 Å². The molecule has 0 saturated heterocycles. The average molecular weight is 566 g/mol. The van der Waals surface area contributed by atoms with Crippen LogP contribution in [-0.4, -0.2) is 30.1 Å². The molecule has 8 heteroatoms. The Morgan fingerprint density at radius 1 is 0.881 bits per heavy atom. The van der Waals surface area contributed by atoms with Crippen molar-refractivity contribution >= 4 is 44.7 Å². The number of thiophene rings is 1. The number of imidazole rings is 1. The fourth-order valence-electron chi connectivity index (χ4n) is 5.02. The molecule has 3 N–H and O–H groups in total. The summed E-state index contributed by atoms with van der Waals surface area (Å²) < 4.78 is 0. The maximum atomic E-state index is 4.99. The van der Waals surface area contributed by atoms with E-state index < -0.39 is 0 Å². The number of nitrogens with one attached hydrogen (secondary N) is 3. The number of para-hydroxylation sites is 1. The van der Waals surface area contributed by atoms with Crippen LogP contribution in [0.2, 0.25) is 0 Å². The molecule has 5 aromatic heterocycles. The van der Waals surface area contributed by atoms with Crippen molar-refractivity contribution in [2.45, 2.75) is 13.3 Å². The highest BCUT2D eigenvalue weighted by molar-refractivity contribution is 7.16.